The van der Waals surface area contributed by atoms with E-state index in [1.54, 1.807) is 11.0 Å². The van der Waals surface area contributed by atoms with E-state index in [9.17, 15) is 14.0 Å². The average Bonchev–Trinajstić information content (AvgIpc) is 2.47. The summed E-state index contributed by atoms with van der Waals surface area (Å²) in [5.41, 5.74) is 0.328. The molecule has 0 saturated carbocycles. The number of piperidine rings is 1. The zero-order valence-corrected chi connectivity index (χ0v) is 13.1. The van der Waals surface area contributed by atoms with Crippen molar-refractivity contribution in [1.29, 1.82) is 0 Å². The van der Waals surface area contributed by atoms with E-state index in [0.29, 0.717) is 29.5 Å². The Balaban J connectivity index is 2.01. The third-order valence-electron chi connectivity index (χ3n) is 3.74. The fourth-order valence-corrected chi connectivity index (χ4v) is 2.87. The first-order valence-corrected chi connectivity index (χ1v) is 7.73. The molecule has 1 aliphatic heterocycles. The summed E-state index contributed by atoms with van der Waals surface area (Å²) in [5, 5.41) is 8.73. The predicted molar refractivity (Wildman–Crippen MR) is 79.6 cm³/mol. The van der Waals surface area contributed by atoms with Crippen LogP contribution in [0, 0.1) is 11.7 Å². The molecule has 6 heteroatoms. The number of hydrogen-bond acceptors (Lipinski definition) is 2. The fraction of sp³-hybridized carbons (Fsp3) is 0.467. The summed E-state index contributed by atoms with van der Waals surface area (Å²) in [6.07, 6.45) is 2.49. The molecule has 0 bridgehead atoms. The van der Waals surface area contributed by atoms with Crippen molar-refractivity contribution in [2.24, 2.45) is 5.92 Å². The molecule has 114 valence electrons. The number of hydrogen-bond donors (Lipinski definition) is 1. The molecule has 0 aromatic heterocycles. The number of halogens is 2. The summed E-state index contributed by atoms with van der Waals surface area (Å²) in [4.78, 5) is 24.7. The Bertz CT molecular complexity index is 550. The molecule has 2 rings (SSSR count). The molecule has 1 N–H and O–H groups in total. The molecule has 4 nitrogen and oxygen atoms in total. The number of rotatable bonds is 4. The number of benzene rings is 1. The molecule has 1 fully saturated rings. The molecule has 21 heavy (non-hydrogen) atoms. The SMILES string of the molecule is O=C(O)CC[C@H]1CCCN(C(=O)c2ccc(Br)c(F)c2)C1. The van der Waals surface area contributed by atoms with Crippen LogP contribution < -0.4 is 0 Å². The van der Waals surface area contributed by atoms with Gasteiger partial charge in [-0.1, -0.05) is 0 Å². The first-order chi connectivity index (χ1) is 9.97. The highest BCUT2D eigenvalue weighted by atomic mass is 79.9. The number of carbonyl (C=O) groups is 2. The standard InChI is InChI=1S/C15H17BrFNO3/c16-12-5-4-11(8-13(12)17)15(21)18-7-1-2-10(9-18)3-6-14(19)20/h4-5,8,10H,1-3,6-7,9H2,(H,19,20)/t10-/m1/s1. The first kappa shape index (κ1) is 15.9. The number of carboxylic acids is 1. The highest BCUT2D eigenvalue weighted by molar-refractivity contribution is 9.10. The van der Waals surface area contributed by atoms with Crippen molar-refractivity contribution in [2.45, 2.75) is 25.7 Å². The van der Waals surface area contributed by atoms with Crippen LogP contribution in [-0.4, -0.2) is 35.0 Å². The molecule has 1 atom stereocenters. The van der Waals surface area contributed by atoms with Gasteiger partial charge in [-0.2, -0.15) is 0 Å². The molecule has 0 radical (unpaired) electrons. The topological polar surface area (TPSA) is 57.6 Å². The highest BCUT2D eigenvalue weighted by Gasteiger charge is 2.25. The third kappa shape index (κ3) is 4.27. The van der Waals surface area contributed by atoms with Crippen LogP contribution in [0.1, 0.15) is 36.0 Å². The summed E-state index contributed by atoms with van der Waals surface area (Å²) in [6.45, 7) is 1.18. The van der Waals surface area contributed by atoms with Crippen LogP contribution in [0.5, 0.6) is 0 Å². The van der Waals surface area contributed by atoms with E-state index < -0.39 is 11.8 Å². The minimum atomic E-state index is -0.812. The van der Waals surface area contributed by atoms with Gasteiger partial charge in [0.25, 0.3) is 5.91 Å². The highest BCUT2D eigenvalue weighted by Crippen LogP contribution is 2.23. The van der Waals surface area contributed by atoms with E-state index >= 15 is 0 Å². The van der Waals surface area contributed by atoms with Gasteiger partial charge in [-0.05, 0) is 59.3 Å². The number of likely N-dealkylation sites (tertiary alicyclic amines) is 1. The van der Waals surface area contributed by atoms with Crippen molar-refractivity contribution in [3.05, 3.63) is 34.1 Å². The minimum absolute atomic E-state index is 0.125. The number of carbonyl (C=O) groups excluding carboxylic acids is 1. The first-order valence-electron chi connectivity index (χ1n) is 6.93. The molecular weight excluding hydrogens is 341 g/mol. The quantitative estimate of drug-likeness (QED) is 0.899. The molecule has 1 aliphatic rings. The lowest BCUT2D eigenvalue weighted by molar-refractivity contribution is -0.137. The van der Waals surface area contributed by atoms with Crippen LogP contribution in [-0.2, 0) is 4.79 Å². The van der Waals surface area contributed by atoms with E-state index in [4.69, 9.17) is 5.11 Å². The summed E-state index contributed by atoms with van der Waals surface area (Å²) in [5.74, 6) is -1.26. The zero-order valence-electron chi connectivity index (χ0n) is 11.5. The van der Waals surface area contributed by atoms with Crippen molar-refractivity contribution in [3.8, 4) is 0 Å². The van der Waals surface area contributed by atoms with Crippen LogP contribution in [0.4, 0.5) is 4.39 Å². The van der Waals surface area contributed by atoms with Gasteiger partial charge in [-0.3, -0.25) is 9.59 Å². The monoisotopic (exact) mass is 357 g/mol. The van der Waals surface area contributed by atoms with Gasteiger partial charge in [0, 0.05) is 25.1 Å². The van der Waals surface area contributed by atoms with Crippen molar-refractivity contribution < 1.29 is 19.1 Å². The maximum Gasteiger partial charge on any atom is 0.303 e. The lowest BCUT2D eigenvalue weighted by Crippen LogP contribution is -2.40. The Morgan fingerprint density at radius 1 is 1.43 bits per heavy atom. The second-order valence-electron chi connectivity index (χ2n) is 5.32. The smallest absolute Gasteiger partial charge is 0.303 e. The number of carboxylic acid groups (broad SMARTS) is 1. The Kier molecular flexibility index (Phi) is 5.33. The Morgan fingerprint density at radius 2 is 2.19 bits per heavy atom. The summed E-state index contributed by atoms with van der Waals surface area (Å²) in [7, 11) is 0. The lowest BCUT2D eigenvalue weighted by atomic mass is 9.93. The molecule has 0 spiro atoms. The number of amides is 1. The van der Waals surface area contributed by atoms with E-state index in [-0.39, 0.29) is 18.2 Å². The van der Waals surface area contributed by atoms with E-state index in [2.05, 4.69) is 15.9 Å². The van der Waals surface area contributed by atoms with Crippen LogP contribution >= 0.6 is 15.9 Å². The van der Waals surface area contributed by atoms with Gasteiger partial charge in [0.05, 0.1) is 4.47 Å². The van der Waals surface area contributed by atoms with E-state index in [0.717, 1.165) is 12.8 Å². The van der Waals surface area contributed by atoms with Crippen molar-refractivity contribution in [1.82, 2.24) is 4.90 Å². The molecule has 1 amide bonds. The zero-order chi connectivity index (χ0) is 15.4. The van der Waals surface area contributed by atoms with Crippen LogP contribution in [0.3, 0.4) is 0 Å². The van der Waals surface area contributed by atoms with E-state index in [1.165, 1.54) is 12.1 Å². The molecule has 0 aliphatic carbocycles. The molecule has 1 heterocycles. The molecule has 1 aromatic rings. The maximum atomic E-state index is 13.5. The second-order valence-corrected chi connectivity index (χ2v) is 6.18. The van der Waals surface area contributed by atoms with Gasteiger partial charge in [0.15, 0.2) is 0 Å². The van der Waals surface area contributed by atoms with Crippen molar-refractivity contribution in [2.75, 3.05) is 13.1 Å². The molecule has 1 aromatic carbocycles. The van der Waals surface area contributed by atoms with Crippen LogP contribution in [0.25, 0.3) is 0 Å². The summed E-state index contributed by atoms with van der Waals surface area (Å²) in [6, 6.07) is 4.35. The van der Waals surface area contributed by atoms with Gasteiger partial charge in [-0.15, -0.1) is 0 Å². The molecule has 0 unspecified atom stereocenters. The minimum Gasteiger partial charge on any atom is -0.481 e. The van der Waals surface area contributed by atoms with Crippen molar-refractivity contribution >= 4 is 27.8 Å². The number of nitrogens with zero attached hydrogens (tertiary/aromatic N) is 1. The third-order valence-corrected chi connectivity index (χ3v) is 4.38. The molecule has 1 saturated heterocycles. The van der Waals surface area contributed by atoms with E-state index in [1.807, 2.05) is 0 Å². The Hall–Kier alpha value is -1.43. The predicted octanol–water partition coefficient (Wildman–Crippen LogP) is 3.31. The second kappa shape index (κ2) is 7.02. The summed E-state index contributed by atoms with van der Waals surface area (Å²) >= 11 is 3.06. The Labute approximate surface area is 131 Å². The number of aliphatic carboxylic acids is 1. The van der Waals surface area contributed by atoms with Crippen molar-refractivity contribution in [3.63, 3.8) is 0 Å². The normalized spacial score (nSPS) is 18.6. The van der Waals surface area contributed by atoms with Gasteiger partial charge < -0.3 is 10.0 Å². The van der Waals surface area contributed by atoms with Gasteiger partial charge >= 0.3 is 5.97 Å². The lowest BCUT2D eigenvalue weighted by Gasteiger charge is -2.32. The van der Waals surface area contributed by atoms with Crippen LogP contribution in [0.15, 0.2) is 22.7 Å². The Morgan fingerprint density at radius 3 is 2.86 bits per heavy atom. The average molecular weight is 358 g/mol. The van der Waals surface area contributed by atoms with Gasteiger partial charge in [0.2, 0.25) is 0 Å². The van der Waals surface area contributed by atoms with Crippen LogP contribution in [0.2, 0.25) is 0 Å². The summed E-state index contributed by atoms with van der Waals surface area (Å²) < 4.78 is 13.8. The molecular formula is C15H17BrFNO3. The van der Waals surface area contributed by atoms with Gasteiger partial charge in [-0.25, -0.2) is 4.39 Å². The fourth-order valence-electron chi connectivity index (χ4n) is 2.62. The van der Waals surface area contributed by atoms with Gasteiger partial charge in [0.1, 0.15) is 5.82 Å². The maximum absolute atomic E-state index is 13.5. The largest absolute Gasteiger partial charge is 0.481 e.